The maximum Gasteiger partial charge on any atom is 0.0345 e. The minimum atomic E-state index is 0.402. The van der Waals surface area contributed by atoms with Crippen LogP contribution in [0, 0.1) is 5.92 Å². The number of benzene rings is 1. The van der Waals surface area contributed by atoms with Gasteiger partial charge in [0.2, 0.25) is 0 Å². The van der Waals surface area contributed by atoms with E-state index < -0.39 is 0 Å². The molecule has 1 aromatic carbocycles. The van der Waals surface area contributed by atoms with Gasteiger partial charge in [-0.3, -0.25) is 4.90 Å². The smallest absolute Gasteiger partial charge is 0.0345 e. The second kappa shape index (κ2) is 6.35. The van der Waals surface area contributed by atoms with Gasteiger partial charge in [0.15, 0.2) is 0 Å². The van der Waals surface area contributed by atoms with Gasteiger partial charge in [0.25, 0.3) is 0 Å². The molecule has 0 saturated carbocycles. The minimum absolute atomic E-state index is 0.402. The first kappa shape index (κ1) is 13.6. The van der Waals surface area contributed by atoms with Crippen LogP contribution < -0.4 is 5.73 Å². The van der Waals surface area contributed by atoms with E-state index in [0.717, 1.165) is 19.5 Å². The largest absolute Gasteiger partial charge is 0.327 e. The molecule has 0 amide bonds. The fourth-order valence-corrected chi connectivity index (χ4v) is 3.17. The van der Waals surface area contributed by atoms with Crippen molar-refractivity contribution in [2.75, 3.05) is 13.1 Å². The number of hydrogen-bond acceptors (Lipinski definition) is 2. The molecule has 0 aromatic heterocycles. The molecule has 1 saturated heterocycles. The summed E-state index contributed by atoms with van der Waals surface area (Å²) in [6.45, 7) is 6.85. The van der Waals surface area contributed by atoms with E-state index in [4.69, 9.17) is 5.73 Å². The number of nitrogens with two attached hydrogens (primary N) is 1. The summed E-state index contributed by atoms with van der Waals surface area (Å²) in [5.41, 5.74) is 7.65. The lowest BCUT2D eigenvalue weighted by atomic mass is 9.88. The van der Waals surface area contributed by atoms with Crippen molar-refractivity contribution in [3.05, 3.63) is 35.9 Å². The zero-order chi connectivity index (χ0) is 13.0. The van der Waals surface area contributed by atoms with E-state index in [9.17, 15) is 0 Å². The average Bonchev–Trinajstić information content (AvgIpc) is 2.42. The van der Waals surface area contributed by atoms with Crippen molar-refractivity contribution in [3.63, 3.8) is 0 Å². The second-order valence-corrected chi connectivity index (χ2v) is 5.45. The molecule has 0 spiro atoms. The third-order valence-electron chi connectivity index (χ3n) is 4.36. The summed E-state index contributed by atoms with van der Waals surface area (Å²) in [4.78, 5) is 2.63. The maximum absolute atomic E-state index is 6.21. The molecule has 2 heteroatoms. The molecule has 1 aromatic rings. The van der Waals surface area contributed by atoms with Crippen molar-refractivity contribution in [1.29, 1.82) is 0 Å². The number of piperidine rings is 1. The van der Waals surface area contributed by atoms with Gasteiger partial charge in [0.1, 0.15) is 0 Å². The average molecular weight is 246 g/mol. The number of likely N-dealkylation sites (tertiary alicyclic amines) is 1. The van der Waals surface area contributed by atoms with Crippen molar-refractivity contribution in [1.82, 2.24) is 4.90 Å². The van der Waals surface area contributed by atoms with Crippen LogP contribution in [0.4, 0.5) is 0 Å². The van der Waals surface area contributed by atoms with Gasteiger partial charge in [-0.15, -0.1) is 0 Å². The van der Waals surface area contributed by atoms with Crippen molar-refractivity contribution in [3.8, 4) is 0 Å². The third kappa shape index (κ3) is 2.93. The Hall–Kier alpha value is -0.860. The number of rotatable bonds is 4. The van der Waals surface area contributed by atoms with E-state index in [1.165, 1.54) is 18.4 Å². The van der Waals surface area contributed by atoms with E-state index in [1.807, 2.05) is 0 Å². The molecule has 2 N–H and O–H groups in total. The number of hydrogen-bond donors (Lipinski definition) is 1. The normalized spacial score (nSPS) is 27.1. The quantitative estimate of drug-likeness (QED) is 0.884. The van der Waals surface area contributed by atoms with Crippen LogP contribution >= 0.6 is 0 Å². The monoisotopic (exact) mass is 246 g/mol. The fraction of sp³-hybridized carbons (Fsp3) is 0.625. The summed E-state index contributed by atoms with van der Waals surface area (Å²) in [5.74, 6) is 0.663. The van der Waals surface area contributed by atoms with Crippen molar-refractivity contribution in [2.24, 2.45) is 11.7 Å². The summed E-state index contributed by atoms with van der Waals surface area (Å²) < 4.78 is 0. The summed E-state index contributed by atoms with van der Waals surface area (Å²) in [6.07, 6.45) is 3.51. The third-order valence-corrected chi connectivity index (χ3v) is 4.36. The summed E-state index contributed by atoms with van der Waals surface area (Å²) in [6, 6.07) is 11.9. The predicted octanol–water partition coefficient (Wildman–Crippen LogP) is 3.20. The SMILES string of the molecule is CCC1CN(C(CC)c2ccccc2)CCC1N. The van der Waals surface area contributed by atoms with E-state index in [0.29, 0.717) is 18.0 Å². The Kier molecular flexibility index (Phi) is 4.79. The molecule has 0 bridgehead atoms. The molecular weight excluding hydrogens is 220 g/mol. The highest BCUT2D eigenvalue weighted by Crippen LogP contribution is 2.29. The van der Waals surface area contributed by atoms with Gasteiger partial charge >= 0.3 is 0 Å². The Morgan fingerprint density at radius 2 is 2.00 bits per heavy atom. The molecule has 2 nitrogen and oxygen atoms in total. The van der Waals surface area contributed by atoms with Gasteiger partial charge in [-0.25, -0.2) is 0 Å². The first-order chi connectivity index (χ1) is 8.76. The molecule has 1 aliphatic rings. The summed E-state index contributed by atoms with van der Waals surface area (Å²) in [5, 5.41) is 0. The van der Waals surface area contributed by atoms with Crippen LogP contribution in [0.3, 0.4) is 0 Å². The van der Waals surface area contributed by atoms with Crippen LogP contribution in [-0.2, 0) is 0 Å². The molecule has 0 radical (unpaired) electrons. The Labute approximate surface area is 111 Å². The standard InChI is InChI=1S/C16H26N2/c1-3-13-12-18(11-10-15(13)17)16(4-2)14-8-6-5-7-9-14/h5-9,13,15-16H,3-4,10-12,17H2,1-2H3. The molecule has 1 aliphatic heterocycles. The van der Waals surface area contributed by atoms with Crippen molar-refractivity contribution >= 4 is 0 Å². The van der Waals surface area contributed by atoms with E-state index in [2.05, 4.69) is 49.1 Å². The predicted molar refractivity (Wildman–Crippen MR) is 77.4 cm³/mol. The summed E-state index contributed by atoms with van der Waals surface area (Å²) >= 11 is 0. The van der Waals surface area contributed by atoms with Gasteiger partial charge in [-0.2, -0.15) is 0 Å². The lowest BCUT2D eigenvalue weighted by molar-refractivity contribution is 0.104. The lowest BCUT2D eigenvalue weighted by Crippen LogP contribution is -2.47. The maximum atomic E-state index is 6.21. The van der Waals surface area contributed by atoms with Crippen LogP contribution in [-0.4, -0.2) is 24.0 Å². The molecule has 100 valence electrons. The van der Waals surface area contributed by atoms with Gasteiger partial charge in [0.05, 0.1) is 0 Å². The van der Waals surface area contributed by atoms with Gasteiger partial charge in [0, 0.05) is 25.2 Å². The first-order valence-corrected chi connectivity index (χ1v) is 7.30. The van der Waals surface area contributed by atoms with Gasteiger partial charge in [-0.05, 0) is 24.3 Å². The molecule has 3 atom stereocenters. The van der Waals surface area contributed by atoms with Crippen LogP contribution in [0.2, 0.25) is 0 Å². The van der Waals surface area contributed by atoms with Gasteiger partial charge < -0.3 is 5.73 Å². The highest BCUT2D eigenvalue weighted by molar-refractivity contribution is 5.19. The lowest BCUT2D eigenvalue weighted by Gasteiger charge is -2.41. The van der Waals surface area contributed by atoms with E-state index in [-0.39, 0.29) is 0 Å². The molecule has 1 heterocycles. The molecule has 0 aliphatic carbocycles. The molecule has 3 unspecified atom stereocenters. The van der Waals surface area contributed by atoms with Gasteiger partial charge in [-0.1, -0.05) is 50.6 Å². The van der Waals surface area contributed by atoms with Crippen LogP contribution in [0.25, 0.3) is 0 Å². The van der Waals surface area contributed by atoms with E-state index >= 15 is 0 Å². The Balaban J connectivity index is 2.09. The highest BCUT2D eigenvalue weighted by Gasteiger charge is 2.29. The molecule has 2 rings (SSSR count). The Morgan fingerprint density at radius 1 is 1.28 bits per heavy atom. The molecule has 18 heavy (non-hydrogen) atoms. The van der Waals surface area contributed by atoms with Crippen molar-refractivity contribution < 1.29 is 0 Å². The molecular formula is C16H26N2. The minimum Gasteiger partial charge on any atom is -0.327 e. The number of nitrogens with zero attached hydrogens (tertiary/aromatic N) is 1. The van der Waals surface area contributed by atoms with Crippen LogP contribution in [0.1, 0.15) is 44.7 Å². The van der Waals surface area contributed by atoms with Crippen LogP contribution in [0.5, 0.6) is 0 Å². The van der Waals surface area contributed by atoms with Crippen molar-refractivity contribution in [2.45, 2.75) is 45.2 Å². The Bertz CT molecular complexity index is 349. The zero-order valence-electron chi connectivity index (χ0n) is 11.7. The summed E-state index contributed by atoms with van der Waals surface area (Å²) in [7, 11) is 0. The topological polar surface area (TPSA) is 29.3 Å². The molecule has 1 fully saturated rings. The first-order valence-electron chi connectivity index (χ1n) is 7.30. The Morgan fingerprint density at radius 3 is 2.61 bits per heavy atom. The highest BCUT2D eigenvalue weighted by atomic mass is 15.2. The second-order valence-electron chi connectivity index (χ2n) is 5.45. The van der Waals surface area contributed by atoms with E-state index in [1.54, 1.807) is 0 Å². The van der Waals surface area contributed by atoms with Crippen LogP contribution in [0.15, 0.2) is 30.3 Å². The fourth-order valence-electron chi connectivity index (χ4n) is 3.17. The zero-order valence-corrected chi connectivity index (χ0v) is 11.7.